The molecule has 1 aromatic carbocycles. The zero-order valence-corrected chi connectivity index (χ0v) is 14.2. The number of ether oxygens (including phenoxy) is 1. The molecule has 2 amide bonds. The van der Waals surface area contributed by atoms with Crippen molar-refractivity contribution in [2.45, 2.75) is 39.3 Å². The number of carbonyl (C=O) groups excluding carboxylic acids is 3. The van der Waals surface area contributed by atoms with E-state index in [1.807, 2.05) is 30.3 Å². The molecule has 1 aliphatic heterocycles. The van der Waals surface area contributed by atoms with E-state index in [1.54, 1.807) is 11.8 Å². The van der Waals surface area contributed by atoms with E-state index in [-0.39, 0.29) is 31.0 Å². The Bertz CT molecular complexity index is 588. The van der Waals surface area contributed by atoms with E-state index in [1.165, 1.54) is 11.8 Å². The second-order valence-corrected chi connectivity index (χ2v) is 5.90. The van der Waals surface area contributed by atoms with Crippen LogP contribution in [-0.4, -0.2) is 53.3 Å². The van der Waals surface area contributed by atoms with Crippen molar-refractivity contribution in [2.75, 3.05) is 19.7 Å². The van der Waals surface area contributed by atoms with E-state index in [0.29, 0.717) is 25.9 Å². The molecule has 1 aromatic rings. The fourth-order valence-electron chi connectivity index (χ4n) is 2.94. The van der Waals surface area contributed by atoms with Crippen molar-refractivity contribution in [1.29, 1.82) is 0 Å². The van der Waals surface area contributed by atoms with Crippen LogP contribution in [0.4, 0.5) is 0 Å². The lowest BCUT2D eigenvalue weighted by Gasteiger charge is -2.38. The van der Waals surface area contributed by atoms with Gasteiger partial charge in [-0.25, -0.2) is 0 Å². The van der Waals surface area contributed by atoms with E-state index in [2.05, 4.69) is 0 Å². The third-order valence-corrected chi connectivity index (χ3v) is 4.14. The maximum atomic E-state index is 12.1. The lowest BCUT2D eigenvalue weighted by Crippen LogP contribution is -2.52. The molecule has 24 heavy (non-hydrogen) atoms. The quantitative estimate of drug-likeness (QED) is 0.742. The average Bonchev–Trinajstić information content (AvgIpc) is 2.56. The van der Waals surface area contributed by atoms with Crippen molar-refractivity contribution in [3.63, 3.8) is 0 Å². The van der Waals surface area contributed by atoms with Gasteiger partial charge < -0.3 is 14.5 Å². The summed E-state index contributed by atoms with van der Waals surface area (Å²) in [5.41, 5.74) is 1.04. The summed E-state index contributed by atoms with van der Waals surface area (Å²) >= 11 is 0. The van der Waals surface area contributed by atoms with Crippen LogP contribution in [0.3, 0.4) is 0 Å². The summed E-state index contributed by atoms with van der Waals surface area (Å²) in [7, 11) is 0. The van der Waals surface area contributed by atoms with Gasteiger partial charge in [0, 0.05) is 26.4 Å². The summed E-state index contributed by atoms with van der Waals surface area (Å²) in [5.74, 6) is -0.513. The van der Waals surface area contributed by atoms with Gasteiger partial charge in [-0.2, -0.15) is 0 Å². The number of amides is 2. The Hall–Kier alpha value is -2.37. The van der Waals surface area contributed by atoms with E-state index < -0.39 is 5.97 Å². The lowest BCUT2D eigenvalue weighted by molar-refractivity contribution is -0.151. The average molecular weight is 332 g/mol. The number of rotatable bonds is 6. The molecule has 0 spiro atoms. The van der Waals surface area contributed by atoms with Crippen LogP contribution in [0.15, 0.2) is 30.3 Å². The number of esters is 1. The van der Waals surface area contributed by atoms with Gasteiger partial charge in [0.1, 0.15) is 6.54 Å². The van der Waals surface area contributed by atoms with Crippen molar-refractivity contribution in [1.82, 2.24) is 9.80 Å². The number of hydrogen-bond donors (Lipinski definition) is 0. The third kappa shape index (κ3) is 4.81. The van der Waals surface area contributed by atoms with Crippen molar-refractivity contribution >= 4 is 17.8 Å². The largest absolute Gasteiger partial charge is 0.465 e. The maximum Gasteiger partial charge on any atom is 0.325 e. The van der Waals surface area contributed by atoms with Crippen LogP contribution in [0.2, 0.25) is 0 Å². The summed E-state index contributed by atoms with van der Waals surface area (Å²) < 4.78 is 4.92. The maximum absolute atomic E-state index is 12.1. The van der Waals surface area contributed by atoms with Crippen LogP contribution in [0.1, 0.15) is 32.3 Å². The molecule has 0 aromatic heterocycles. The molecule has 1 aliphatic rings. The van der Waals surface area contributed by atoms with Crippen LogP contribution in [0.25, 0.3) is 0 Å². The van der Waals surface area contributed by atoms with E-state index in [4.69, 9.17) is 4.74 Å². The normalized spacial score (nSPS) is 17.5. The van der Waals surface area contributed by atoms with Crippen molar-refractivity contribution in [3.05, 3.63) is 35.9 Å². The molecule has 130 valence electrons. The minimum atomic E-state index is -0.413. The lowest BCUT2D eigenvalue weighted by atomic mass is 10.0. The zero-order valence-electron chi connectivity index (χ0n) is 14.2. The topological polar surface area (TPSA) is 66.9 Å². The first kappa shape index (κ1) is 18.0. The number of carbonyl (C=O) groups is 3. The van der Waals surface area contributed by atoms with E-state index >= 15 is 0 Å². The van der Waals surface area contributed by atoms with Crippen LogP contribution in [-0.2, 0) is 25.7 Å². The van der Waals surface area contributed by atoms with Gasteiger partial charge >= 0.3 is 5.97 Å². The van der Waals surface area contributed by atoms with Crippen molar-refractivity contribution in [3.8, 4) is 0 Å². The highest BCUT2D eigenvalue weighted by atomic mass is 16.5. The molecule has 1 fully saturated rings. The van der Waals surface area contributed by atoms with Gasteiger partial charge in [-0.1, -0.05) is 30.3 Å². The first-order valence-corrected chi connectivity index (χ1v) is 8.25. The second kappa shape index (κ2) is 8.47. The first-order valence-electron chi connectivity index (χ1n) is 8.25. The van der Waals surface area contributed by atoms with Gasteiger partial charge in [0.2, 0.25) is 11.8 Å². The van der Waals surface area contributed by atoms with Gasteiger partial charge in [-0.05, 0) is 18.9 Å². The summed E-state index contributed by atoms with van der Waals surface area (Å²) in [4.78, 5) is 39.1. The van der Waals surface area contributed by atoms with Crippen LogP contribution < -0.4 is 0 Å². The molecule has 0 unspecified atom stereocenters. The predicted molar refractivity (Wildman–Crippen MR) is 88.9 cm³/mol. The molecule has 0 radical (unpaired) electrons. The SMILES string of the molecule is CCOC(=O)CN1C[C@@H](N(Cc2ccccc2)C(C)=O)CCC1=O. The van der Waals surface area contributed by atoms with Gasteiger partial charge in [-0.15, -0.1) is 0 Å². The number of likely N-dealkylation sites (tertiary alicyclic amines) is 1. The highest BCUT2D eigenvalue weighted by Gasteiger charge is 2.32. The second-order valence-electron chi connectivity index (χ2n) is 5.90. The molecular weight excluding hydrogens is 308 g/mol. The molecule has 1 saturated heterocycles. The van der Waals surface area contributed by atoms with Crippen LogP contribution in [0.5, 0.6) is 0 Å². The van der Waals surface area contributed by atoms with Gasteiger partial charge in [0.15, 0.2) is 0 Å². The van der Waals surface area contributed by atoms with E-state index in [9.17, 15) is 14.4 Å². The molecule has 0 aliphatic carbocycles. The Balaban J connectivity index is 2.05. The highest BCUT2D eigenvalue weighted by molar-refractivity contribution is 5.83. The third-order valence-electron chi connectivity index (χ3n) is 4.14. The Morgan fingerprint density at radius 1 is 1.29 bits per heavy atom. The molecule has 6 nitrogen and oxygen atoms in total. The smallest absolute Gasteiger partial charge is 0.325 e. The van der Waals surface area contributed by atoms with Crippen LogP contribution >= 0.6 is 0 Å². The van der Waals surface area contributed by atoms with Gasteiger partial charge in [0.05, 0.1) is 12.6 Å². The zero-order chi connectivity index (χ0) is 17.5. The molecule has 6 heteroatoms. The minimum Gasteiger partial charge on any atom is -0.465 e. The number of benzene rings is 1. The molecular formula is C18H24N2O4. The van der Waals surface area contributed by atoms with E-state index in [0.717, 1.165) is 5.56 Å². The molecule has 1 atom stereocenters. The Labute approximate surface area is 142 Å². The standard InChI is InChI=1S/C18H24N2O4/c1-3-24-18(23)13-19-12-16(9-10-17(19)22)20(14(2)21)11-15-7-5-4-6-8-15/h4-8,16H,3,9-13H2,1-2H3/t16-/m0/s1. The predicted octanol–water partition coefficient (Wildman–Crippen LogP) is 1.59. The summed E-state index contributed by atoms with van der Waals surface area (Å²) in [6.45, 7) is 4.37. The van der Waals surface area contributed by atoms with Crippen LogP contribution in [0, 0.1) is 0 Å². The minimum absolute atomic E-state index is 0.0331. The fraction of sp³-hybridized carbons (Fsp3) is 0.500. The summed E-state index contributed by atoms with van der Waals surface area (Å²) in [6, 6.07) is 9.66. The Kier molecular flexibility index (Phi) is 6.35. The number of piperidine rings is 1. The molecule has 0 saturated carbocycles. The Morgan fingerprint density at radius 3 is 2.62 bits per heavy atom. The summed E-state index contributed by atoms with van der Waals surface area (Å²) in [6.07, 6.45) is 0.952. The van der Waals surface area contributed by atoms with Crippen molar-refractivity contribution < 1.29 is 19.1 Å². The van der Waals surface area contributed by atoms with Gasteiger partial charge in [-0.3, -0.25) is 14.4 Å². The number of nitrogens with zero attached hydrogens (tertiary/aromatic N) is 2. The number of hydrogen-bond acceptors (Lipinski definition) is 4. The first-order chi connectivity index (χ1) is 11.5. The Morgan fingerprint density at radius 2 is 2.00 bits per heavy atom. The highest BCUT2D eigenvalue weighted by Crippen LogP contribution is 2.19. The van der Waals surface area contributed by atoms with Gasteiger partial charge in [0.25, 0.3) is 0 Å². The summed E-state index contributed by atoms with van der Waals surface area (Å²) in [5, 5.41) is 0. The molecule has 0 N–H and O–H groups in total. The molecule has 1 heterocycles. The van der Waals surface area contributed by atoms with Crippen molar-refractivity contribution in [2.24, 2.45) is 0 Å². The molecule has 0 bridgehead atoms. The monoisotopic (exact) mass is 332 g/mol. The fourth-order valence-corrected chi connectivity index (χ4v) is 2.94. The molecule has 2 rings (SSSR count).